The monoisotopic (exact) mass is 191 g/mol. The van der Waals surface area contributed by atoms with E-state index in [-0.39, 0.29) is 5.75 Å². The van der Waals surface area contributed by atoms with Crippen molar-refractivity contribution in [3.05, 3.63) is 18.2 Å². The summed E-state index contributed by atoms with van der Waals surface area (Å²) in [7, 11) is 0. The van der Waals surface area contributed by atoms with Crippen LogP contribution in [0.1, 0.15) is 12.8 Å². The maximum absolute atomic E-state index is 9.63. The molecule has 0 radical (unpaired) electrons. The molecule has 14 heavy (non-hydrogen) atoms. The number of hydrogen-bond donors (Lipinski definition) is 2. The number of hydrogen-bond acceptors (Lipinski definition) is 3. The lowest BCUT2D eigenvalue weighted by atomic mass is 10.1. The van der Waals surface area contributed by atoms with Crippen molar-refractivity contribution in [3.8, 4) is 11.5 Å². The Balaban J connectivity index is 1.96. The van der Waals surface area contributed by atoms with Gasteiger partial charge in [0.25, 0.3) is 0 Å². The average molecular weight is 191 g/mol. The molecule has 0 amide bonds. The number of rotatable bonds is 0. The van der Waals surface area contributed by atoms with Crippen molar-refractivity contribution in [2.45, 2.75) is 12.8 Å². The Kier molecular flexibility index (Phi) is 1.46. The predicted molar refractivity (Wildman–Crippen MR) is 53.8 cm³/mol. The molecule has 1 aromatic rings. The van der Waals surface area contributed by atoms with Gasteiger partial charge in [-0.2, -0.15) is 0 Å². The predicted octanol–water partition coefficient (Wildman–Crippen LogP) is 1.98. The number of aromatic hydroxyl groups is 1. The molecule has 1 spiro atoms. The first-order chi connectivity index (χ1) is 6.79. The van der Waals surface area contributed by atoms with E-state index in [4.69, 9.17) is 4.74 Å². The number of fused-ring (bicyclic) bond motifs is 1. The van der Waals surface area contributed by atoms with Crippen LogP contribution in [0.2, 0.25) is 0 Å². The van der Waals surface area contributed by atoms with Crippen molar-refractivity contribution in [1.29, 1.82) is 0 Å². The number of anilines is 1. The first-order valence-electron chi connectivity index (χ1n) is 4.98. The van der Waals surface area contributed by atoms with Gasteiger partial charge in [-0.25, -0.2) is 0 Å². The van der Waals surface area contributed by atoms with Crippen molar-refractivity contribution in [2.75, 3.05) is 18.5 Å². The third kappa shape index (κ3) is 1.12. The maximum atomic E-state index is 9.63. The number of benzene rings is 1. The molecule has 1 heterocycles. The molecule has 0 unspecified atom stereocenters. The van der Waals surface area contributed by atoms with Gasteiger partial charge in [0.15, 0.2) is 0 Å². The topological polar surface area (TPSA) is 41.5 Å². The second kappa shape index (κ2) is 2.56. The standard InChI is InChI=1S/C11H13NO2/c13-8-2-1-3-9-10(8)12-6-11(4-5-11)7-14-9/h1-3,12-13H,4-7H2. The Morgan fingerprint density at radius 1 is 1.36 bits per heavy atom. The van der Waals surface area contributed by atoms with Gasteiger partial charge in [-0.3, -0.25) is 0 Å². The summed E-state index contributed by atoms with van der Waals surface area (Å²) >= 11 is 0. The van der Waals surface area contributed by atoms with E-state index in [0.29, 0.717) is 5.41 Å². The van der Waals surface area contributed by atoms with Crippen molar-refractivity contribution in [3.63, 3.8) is 0 Å². The van der Waals surface area contributed by atoms with Crippen LogP contribution in [0, 0.1) is 5.41 Å². The first kappa shape index (κ1) is 7.97. The van der Waals surface area contributed by atoms with E-state index in [9.17, 15) is 5.11 Å². The molecule has 3 rings (SSSR count). The van der Waals surface area contributed by atoms with Crippen LogP contribution in [0.4, 0.5) is 5.69 Å². The molecule has 1 aliphatic carbocycles. The van der Waals surface area contributed by atoms with Gasteiger partial charge in [0.05, 0.1) is 6.61 Å². The molecule has 1 fully saturated rings. The van der Waals surface area contributed by atoms with Crippen molar-refractivity contribution < 1.29 is 9.84 Å². The highest BCUT2D eigenvalue weighted by Gasteiger charge is 2.44. The van der Waals surface area contributed by atoms with E-state index < -0.39 is 0 Å². The summed E-state index contributed by atoms with van der Waals surface area (Å²) in [4.78, 5) is 0. The molecule has 0 atom stereocenters. The molecule has 1 aliphatic heterocycles. The number of para-hydroxylation sites is 1. The zero-order chi connectivity index (χ0) is 9.60. The summed E-state index contributed by atoms with van der Waals surface area (Å²) < 4.78 is 5.68. The van der Waals surface area contributed by atoms with Crippen molar-refractivity contribution in [1.82, 2.24) is 0 Å². The van der Waals surface area contributed by atoms with Gasteiger partial charge in [0, 0.05) is 12.0 Å². The lowest BCUT2D eigenvalue weighted by molar-refractivity contribution is 0.251. The third-order valence-electron chi connectivity index (χ3n) is 3.14. The minimum absolute atomic E-state index is 0.278. The van der Waals surface area contributed by atoms with E-state index in [2.05, 4.69) is 5.32 Å². The average Bonchev–Trinajstić information content (AvgIpc) is 2.96. The van der Waals surface area contributed by atoms with Crippen LogP contribution in [-0.4, -0.2) is 18.3 Å². The summed E-state index contributed by atoms with van der Waals surface area (Å²) in [5.74, 6) is 1.05. The van der Waals surface area contributed by atoms with E-state index in [1.807, 2.05) is 6.07 Å². The summed E-state index contributed by atoms with van der Waals surface area (Å²) in [6.07, 6.45) is 2.46. The molecule has 2 aliphatic rings. The Labute approximate surface area is 82.7 Å². The second-order valence-electron chi connectivity index (χ2n) is 4.29. The van der Waals surface area contributed by atoms with Crippen LogP contribution in [0.5, 0.6) is 11.5 Å². The normalized spacial score (nSPS) is 21.7. The Bertz CT molecular complexity index is 372. The molecule has 0 bridgehead atoms. The molecule has 1 saturated carbocycles. The fourth-order valence-electron chi connectivity index (χ4n) is 1.87. The van der Waals surface area contributed by atoms with Crippen LogP contribution < -0.4 is 10.1 Å². The maximum Gasteiger partial charge on any atom is 0.146 e. The Morgan fingerprint density at radius 2 is 2.21 bits per heavy atom. The Morgan fingerprint density at radius 3 is 3.00 bits per heavy atom. The van der Waals surface area contributed by atoms with E-state index in [0.717, 1.165) is 24.6 Å². The van der Waals surface area contributed by atoms with E-state index in [1.165, 1.54) is 12.8 Å². The molecule has 2 N–H and O–H groups in total. The SMILES string of the molecule is Oc1cccc2c1NCC1(CC1)CO2. The molecule has 0 saturated heterocycles. The van der Waals surface area contributed by atoms with Crippen LogP contribution in [0.15, 0.2) is 18.2 Å². The molecule has 3 heteroatoms. The second-order valence-corrected chi connectivity index (χ2v) is 4.29. The molecule has 3 nitrogen and oxygen atoms in total. The minimum atomic E-state index is 0.278. The molecule has 74 valence electrons. The van der Waals surface area contributed by atoms with Crippen LogP contribution in [-0.2, 0) is 0 Å². The van der Waals surface area contributed by atoms with Gasteiger partial charge >= 0.3 is 0 Å². The lowest BCUT2D eigenvalue weighted by Gasteiger charge is -2.09. The van der Waals surface area contributed by atoms with Gasteiger partial charge in [0.1, 0.15) is 17.2 Å². The largest absolute Gasteiger partial charge is 0.506 e. The number of phenols is 1. The highest BCUT2D eigenvalue weighted by molar-refractivity contribution is 5.66. The minimum Gasteiger partial charge on any atom is -0.506 e. The fourth-order valence-corrected chi connectivity index (χ4v) is 1.87. The van der Waals surface area contributed by atoms with Gasteiger partial charge in [-0.1, -0.05) is 6.07 Å². The highest BCUT2D eigenvalue weighted by Crippen LogP contribution is 2.49. The van der Waals surface area contributed by atoms with E-state index >= 15 is 0 Å². The molecule has 0 aromatic heterocycles. The summed E-state index contributed by atoms with van der Waals surface area (Å²) in [6, 6.07) is 5.38. The van der Waals surface area contributed by atoms with Gasteiger partial charge in [-0.15, -0.1) is 0 Å². The zero-order valence-electron chi connectivity index (χ0n) is 7.92. The summed E-state index contributed by atoms with van der Waals surface area (Å²) in [5.41, 5.74) is 1.09. The zero-order valence-corrected chi connectivity index (χ0v) is 7.92. The third-order valence-corrected chi connectivity index (χ3v) is 3.14. The number of ether oxygens (including phenoxy) is 1. The summed E-state index contributed by atoms with van der Waals surface area (Å²) in [6.45, 7) is 1.69. The van der Waals surface area contributed by atoms with Crippen molar-refractivity contribution in [2.24, 2.45) is 5.41 Å². The Hall–Kier alpha value is -1.38. The van der Waals surface area contributed by atoms with Crippen LogP contribution in [0.3, 0.4) is 0 Å². The van der Waals surface area contributed by atoms with Gasteiger partial charge in [0.2, 0.25) is 0 Å². The lowest BCUT2D eigenvalue weighted by Crippen LogP contribution is -2.18. The van der Waals surface area contributed by atoms with Gasteiger partial charge in [-0.05, 0) is 25.0 Å². The number of nitrogens with one attached hydrogen (secondary N) is 1. The molecular weight excluding hydrogens is 178 g/mol. The fraction of sp³-hybridized carbons (Fsp3) is 0.455. The molecule has 1 aromatic carbocycles. The van der Waals surface area contributed by atoms with Gasteiger partial charge < -0.3 is 15.2 Å². The first-order valence-corrected chi connectivity index (χ1v) is 4.98. The highest BCUT2D eigenvalue weighted by atomic mass is 16.5. The summed E-state index contributed by atoms with van der Waals surface area (Å²) in [5, 5.41) is 12.9. The van der Waals surface area contributed by atoms with Crippen LogP contribution >= 0.6 is 0 Å². The van der Waals surface area contributed by atoms with Crippen molar-refractivity contribution >= 4 is 5.69 Å². The smallest absolute Gasteiger partial charge is 0.146 e. The molecular formula is C11H13NO2. The van der Waals surface area contributed by atoms with Crippen LogP contribution in [0.25, 0.3) is 0 Å². The quantitative estimate of drug-likeness (QED) is 0.616. The van der Waals surface area contributed by atoms with E-state index in [1.54, 1.807) is 12.1 Å². The number of phenolic OH excluding ortho intramolecular Hbond substituents is 1.